The van der Waals surface area contributed by atoms with Gasteiger partial charge in [-0.15, -0.1) is 0 Å². The van der Waals surface area contributed by atoms with E-state index in [0.717, 1.165) is 27.9 Å². The number of alkyl halides is 2. The van der Waals surface area contributed by atoms with Crippen LogP contribution >= 0.6 is 0 Å². The molecule has 1 amide bonds. The number of aliphatic hydroxyl groups is 1. The van der Waals surface area contributed by atoms with Gasteiger partial charge in [0.2, 0.25) is 0 Å². The molecule has 3 atom stereocenters. The predicted octanol–water partition coefficient (Wildman–Crippen LogP) is 3.91. The number of aromatic nitrogens is 4. The molecular formula is C28H25F2N5O4. The van der Waals surface area contributed by atoms with Crippen LogP contribution in [0, 0.1) is 5.92 Å². The molecule has 1 saturated heterocycles. The van der Waals surface area contributed by atoms with Gasteiger partial charge in [0.25, 0.3) is 5.91 Å². The molecule has 0 spiro atoms. The second kappa shape index (κ2) is 8.52. The first-order chi connectivity index (χ1) is 18.7. The Hall–Kier alpha value is -3.96. The van der Waals surface area contributed by atoms with Gasteiger partial charge in [0.15, 0.2) is 5.82 Å². The van der Waals surface area contributed by atoms with E-state index in [9.17, 15) is 18.7 Å². The number of benzene rings is 1. The third-order valence-corrected chi connectivity index (χ3v) is 8.34. The second-order valence-electron chi connectivity index (χ2n) is 10.5. The largest absolute Gasteiger partial charge is 0.434 e. The van der Waals surface area contributed by atoms with E-state index in [2.05, 4.69) is 9.97 Å². The van der Waals surface area contributed by atoms with Crippen LogP contribution in [-0.4, -0.2) is 62.4 Å². The van der Waals surface area contributed by atoms with E-state index in [1.165, 1.54) is 6.07 Å². The number of carbonyl (C=O) groups is 1. The van der Waals surface area contributed by atoms with Crippen LogP contribution in [0.15, 0.2) is 48.9 Å². The number of hydrogen-bond acceptors (Lipinski definition) is 7. The number of amides is 1. The summed E-state index contributed by atoms with van der Waals surface area (Å²) in [7, 11) is 1.72. The maximum Gasteiger partial charge on any atom is 0.387 e. The summed E-state index contributed by atoms with van der Waals surface area (Å²) >= 11 is 0. The first-order valence-electron chi connectivity index (χ1n) is 12.7. The molecule has 0 radical (unpaired) electrons. The van der Waals surface area contributed by atoms with Crippen molar-refractivity contribution in [2.24, 2.45) is 5.92 Å². The quantitative estimate of drug-likeness (QED) is 0.415. The molecule has 9 nitrogen and oxygen atoms in total. The van der Waals surface area contributed by atoms with E-state index < -0.39 is 12.2 Å². The fourth-order valence-electron chi connectivity index (χ4n) is 6.02. The molecule has 1 aliphatic carbocycles. The predicted molar refractivity (Wildman–Crippen MR) is 134 cm³/mol. The van der Waals surface area contributed by atoms with Gasteiger partial charge in [-0.2, -0.15) is 13.9 Å². The minimum atomic E-state index is -3.01. The zero-order valence-corrected chi connectivity index (χ0v) is 21.2. The fourth-order valence-corrected chi connectivity index (χ4v) is 6.02. The van der Waals surface area contributed by atoms with Gasteiger partial charge >= 0.3 is 6.61 Å². The van der Waals surface area contributed by atoms with Crippen LogP contribution < -0.4 is 4.74 Å². The molecule has 1 aromatic carbocycles. The van der Waals surface area contributed by atoms with Crippen molar-refractivity contribution in [2.75, 3.05) is 20.3 Å². The third kappa shape index (κ3) is 3.56. The third-order valence-electron chi connectivity index (χ3n) is 8.34. The fraction of sp³-hybridized carbons (Fsp3) is 0.357. The minimum Gasteiger partial charge on any atom is -0.434 e. The molecule has 2 aliphatic heterocycles. The highest BCUT2D eigenvalue weighted by Gasteiger charge is 2.46. The average molecular weight is 534 g/mol. The molecule has 1 fully saturated rings. The zero-order chi connectivity index (χ0) is 27.1. The zero-order valence-electron chi connectivity index (χ0n) is 21.2. The maximum absolute atomic E-state index is 13.3. The summed E-state index contributed by atoms with van der Waals surface area (Å²) in [5.41, 5.74) is 3.67. The van der Waals surface area contributed by atoms with Crippen LogP contribution in [0.25, 0.3) is 16.6 Å². The van der Waals surface area contributed by atoms with Gasteiger partial charge in [0, 0.05) is 59.7 Å². The molecule has 2 bridgehead atoms. The summed E-state index contributed by atoms with van der Waals surface area (Å²) in [5.74, 6) is -0.306. The molecular weight excluding hydrogens is 508 g/mol. The van der Waals surface area contributed by atoms with Gasteiger partial charge in [-0.25, -0.2) is 14.5 Å². The smallest absolute Gasteiger partial charge is 0.387 e. The molecule has 200 valence electrons. The van der Waals surface area contributed by atoms with Gasteiger partial charge in [0.05, 0.1) is 30.5 Å². The monoisotopic (exact) mass is 533 g/mol. The van der Waals surface area contributed by atoms with Crippen LogP contribution in [-0.2, 0) is 10.3 Å². The van der Waals surface area contributed by atoms with Crippen LogP contribution in [0.4, 0.5) is 8.78 Å². The van der Waals surface area contributed by atoms with Crippen molar-refractivity contribution >= 4 is 11.4 Å². The van der Waals surface area contributed by atoms with Crippen molar-refractivity contribution in [3.63, 3.8) is 0 Å². The van der Waals surface area contributed by atoms with Gasteiger partial charge in [-0.05, 0) is 43.2 Å². The molecule has 39 heavy (non-hydrogen) atoms. The maximum atomic E-state index is 13.3. The number of pyridine rings is 1. The summed E-state index contributed by atoms with van der Waals surface area (Å²) in [6, 6.07) is 8.27. The van der Waals surface area contributed by atoms with Crippen molar-refractivity contribution in [3.8, 4) is 16.9 Å². The molecule has 3 aliphatic rings. The Morgan fingerprint density at radius 1 is 1.15 bits per heavy atom. The van der Waals surface area contributed by atoms with E-state index in [4.69, 9.17) is 14.6 Å². The van der Waals surface area contributed by atoms with Crippen LogP contribution in [0.1, 0.15) is 58.3 Å². The highest BCUT2D eigenvalue weighted by Crippen LogP contribution is 2.53. The van der Waals surface area contributed by atoms with Gasteiger partial charge in [0.1, 0.15) is 11.4 Å². The van der Waals surface area contributed by atoms with Crippen molar-refractivity contribution < 1.29 is 28.2 Å². The molecule has 0 unspecified atom stereocenters. The van der Waals surface area contributed by atoms with Gasteiger partial charge in [-0.1, -0.05) is 6.07 Å². The normalized spacial score (nSPS) is 21.9. The Morgan fingerprint density at radius 2 is 1.92 bits per heavy atom. The number of rotatable bonds is 5. The highest BCUT2D eigenvalue weighted by molar-refractivity contribution is 5.98. The topological polar surface area (TPSA) is 102 Å². The lowest BCUT2D eigenvalue weighted by Gasteiger charge is -2.37. The highest BCUT2D eigenvalue weighted by atomic mass is 19.3. The summed E-state index contributed by atoms with van der Waals surface area (Å²) in [5, 5.41) is 15.7. The Morgan fingerprint density at radius 3 is 2.62 bits per heavy atom. The summed E-state index contributed by atoms with van der Waals surface area (Å²) in [6.07, 6.45) is 5.71. The summed E-state index contributed by atoms with van der Waals surface area (Å²) in [4.78, 5) is 23.8. The van der Waals surface area contributed by atoms with Crippen molar-refractivity contribution in [1.29, 1.82) is 0 Å². The SMILES string of the molecule is CN1C(=O)c2cccc(OC(F)F)c2[C@H]2C[C@@H]1c1nn3ccc(-c4cnc([C@@](C)(O)C5COC5)nc4)cc3c12. The molecule has 4 aromatic rings. The molecule has 11 heteroatoms. The Balaban J connectivity index is 1.33. The van der Waals surface area contributed by atoms with Crippen molar-refractivity contribution in [3.05, 3.63) is 77.1 Å². The second-order valence-corrected chi connectivity index (χ2v) is 10.5. The number of hydrogen-bond donors (Lipinski definition) is 1. The first kappa shape index (κ1) is 24.1. The molecule has 0 saturated carbocycles. The Labute approximate surface area is 222 Å². The Bertz CT molecular complexity index is 1620. The van der Waals surface area contributed by atoms with Gasteiger partial charge < -0.3 is 19.5 Å². The average Bonchev–Trinajstić information content (AvgIpc) is 3.40. The number of halogens is 2. The van der Waals surface area contributed by atoms with Crippen molar-refractivity contribution in [1.82, 2.24) is 24.5 Å². The lowest BCUT2D eigenvalue weighted by atomic mass is 9.87. The lowest BCUT2D eigenvalue weighted by Crippen LogP contribution is -2.45. The van der Waals surface area contributed by atoms with E-state index >= 15 is 0 Å². The van der Waals surface area contributed by atoms with Crippen molar-refractivity contribution in [2.45, 2.75) is 37.5 Å². The number of ether oxygens (including phenoxy) is 2. The number of nitrogens with zero attached hydrogens (tertiary/aromatic N) is 5. The number of fused-ring (bicyclic) bond motifs is 9. The first-order valence-corrected chi connectivity index (χ1v) is 12.7. The van der Waals surface area contributed by atoms with Crippen LogP contribution in [0.5, 0.6) is 5.75 Å². The number of carbonyl (C=O) groups excluding carboxylic acids is 1. The summed E-state index contributed by atoms with van der Waals surface area (Å²) in [6.45, 7) is -0.377. The lowest BCUT2D eigenvalue weighted by molar-refractivity contribution is -0.146. The van der Waals surface area contributed by atoms with E-state index in [0.29, 0.717) is 36.6 Å². The minimum absolute atomic E-state index is 0.00570. The van der Waals surface area contributed by atoms with E-state index in [1.807, 2.05) is 18.3 Å². The molecule has 1 N–H and O–H groups in total. The van der Waals surface area contributed by atoms with Crippen LogP contribution in [0.2, 0.25) is 0 Å². The van der Waals surface area contributed by atoms with E-state index in [-0.39, 0.29) is 29.5 Å². The van der Waals surface area contributed by atoms with Gasteiger partial charge in [-0.3, -0.25) is 4.79 Å². The standard InChI is InChI=1S/C28H25F2N5O4/c1-28(37,16-12-38-13-16)26-31-10-15(11-32-26)14-6-7-35-19(8-14)23-18-9-20(24(23)33-35)34(2)25(36)17-4-3-5-21(22(17)18)39-27(29)30/h3-8,10-11,16,18,20,27,37H,9,12-13H2,1-2H3/t18-,20-,28+/m1/s1. The summed E-state index contributed by atoms with van der Waals surface area (Å²) < 4.78 is 38.5. The molecule has 3 aromatic heterocycles. The Kier molecular flexibility index (Phi) is 5.27. The van der Waals surface area contributed by atoms with Crippen LogP contribution in [0.3, 0.4) is 0 Å². The van der Waals surface area contributed by atoms with E-state index in [1.54, 1.807) is 47.9 Å². The molecule has 5 heterocycles. The molecule has 7 rings (SSSR count).